The minimum absolute atomic E-state index is 0.155. The van der Waals surface area contributed by atoms with Gasteiger partial charge in [0.25, 0.3) is 0 Å². The summed E-state index contributed by atoms with van der Waals surface area (Å²) < 4.78 is 11.7. The fraction of sp³-hybridized carbons (Fsp3) is 0.375. The molecule has 2 aliphatic carbocycles. The molecule has 4 aromatic rings. The molecule has 2 aromatic heterocycles. The van der Waals surface area contributed by atoms with Gasteiger partial charge in [-0.05, 0) is 86.6 Å². The molecule has 8 N–H and O–H groups in total. The fourth-order valence-corrected chi connectivity index (χ4v) is 5.82. The number of aliphatic hydroxyl groups is 2. The molecule has 0 aliphatic heterocycles. The van der Waals surface area contributed by atoms with E-state index in [9.17, 15) is 10.2 Å². The van der Waals surface area contributed by atoms with Gasteiger partial charge in [0.05, 0.1) is 12.4 Å². The number of hydrogen-bond donors (Lipinski definition) is 6. The van der Waals surface area contributed by atoms with E-state index in [2.05, 4.69) is 30.6 Å². The average molecular weight is 670 g/mol. The number of benzene rings is 2. The van der Waals surface area contributed by atoms with E-state index in [0.29, 0.717) is 50.6 Å². The highest BCUT2D eigenvalue weighted by atomic mass is 35.5. The van der Waals surface area contributed by atoms with Crippen LogP contribution in [0, 0.1) is 11.8 Å². The Labute approximate surface area is 277 Å². The fourth-order valence-electron chi connectivity index (χ4n) is 5.57. The van der Waals surface area contributed by atoms with Gasteiger partial charge in [0.15, 0.2) is 23.1 Å². The van der Waals surface area contributed by atoms with Crippen LogP contribution in [0.4, 0.5) is 23.5 Å². The molecule has 6 rings (SSSR count). The summed E-state index contributed by atoms with van der Waals surface area (Å²) in [6, 6.07) is 14.5. The van der Waals surface area contributed by atoms with E-state index in [4.69, 9.17) is 44.1 Å². The largest absolute Gasteiger partial charge is 0.452 e. The number of rotatable bonds is 10. The predicted molar refractivity (Wildman–Crippen MR) is 180 cm³/mol. The van der Waals surface area contributed by atoms with Crippen molar-refractivity contribution in [3.8, 4) is 23.0 Å². The first kappa shape index (κ1) is 33.3. The molecule has 46 heavy (non-hydrogen) atoms. The molecule has 2 heterocycles. The first-order chi connectivity index (χ1) is 22.3. The molecule has 2 fully saturated rings. The third kappa shape index (κ3) is 9.23. The van der Waals surface area contributed by atoms with Crippen molar-refractivity contribution in [2.75, 3.05) is 35.3 Å². The number of ether oxygens (including phenoxy) is 2. The predicted octanol–water partition coefficient (Wildman–Crippen LogP) is 6.15. The summed E-state index contributed by atoms with van der Waals surface area (Å²) in [5.74, 6) is 4.30. The smallest absolute Gasteiger partial charge is 0.222 e. The quantitative estimate of drug-likeness (QED) is 0.113. The van der Waals surface area contributed by atoms with Gasteiger partial charge < -0.3 is 41.8 Å². The van der Waals surface area contributed by atoms with Gasteiger partial charge in [0.1, 0.15) is 11.5 Å². The SMILES string of the molecule is Nc1ncc(Oc2ccc(Cl)cc2)c(N[C@@H]2CCC[C@H]2CO)n1.Nc1ncc(Oc2ccc(Cl)cc2)c(N[C@H]2CC[C@H](CO)C2)n1. The van der Waals surface area contributed by atoms with Gasteiger partial charge in [-0.25, -0.2) is 9.97 Å². The zero-order valence-electron chi connectivity index (χ0n) is 25.2. The highest BCUT2D eigenvalue weighted by Gasteiger charge is 2.28. The van der Waals surface area contributed by atoms with E-state index in [1.54, 1.807) is 60.9 Å². The van der Waals surface area contributed by atoms with Gasteiger partial charge >= 0.3 is 0 Å². The van der Waals surface area contributed by atoms with E-state index < -0.39 is 0 Å². The summed E-state index contributed by atoms with van der Waals surface area (Å²) in [4.78, 5) is 16.5. The van der Waals surface area contributed by atoms with Crippen molar-refractivity contribution >= 4 is 46.7 Å². The first-order valence-corrected chi connectivity index (χ1v) is 15.9. The van der Waals surface area contributed by atoms with E-state index in [1.165, 1.54) is 0 Å². The van der Waals surface area contributed by atoms with Crippen LogP contribution >= 0.6 is 23.2 Å². The highest BCUT2D eigenvalue weighted by molar-refractivity contribution is 6.30. The summed E-state index contributed by atoms with van der Waals surface area (Å²) in [6.45, 7) is 0.379. The molecule has 0 radical (unpaired) electrons. The van der Waals surface area contributed by atoms with E-state index in [0.717, 1.165) is 38.5 Å². The second-order valence-electron chi connectivity index (χ2n) is 11.3. The number of nitrogens with two attached hydrogens (primary N) is 2. The van der Waals surface area contributed by atoms with Crippen LogP contribution in [-0.4, -0.2) is 55.4 Å². The Balaban J connectivity index is 0.000000181. The van der Waals surface area contributed by atoms with Crippen LogP contribution in [0.25, 0.3) is 0 Å². The summed E-state index contributed by atoms with van der Waals surface area (Å²) >= 11 is 11.8. The van der Waals surface area contributed by atoms with E-state index in [1.807, 2.05) is 0 Å². The van der Waals surface area contributed by atoms with Crippen molar-refractivity contribution in [2.45, 2.75) is 50.6 Å². The lowest BCUT2D eigenvalue weighted by atomic mass is 10.1. The minimum atomic E-state index is 0.155. The second kappa shape index (κ2) is 15.9. The lowest BCUT2D eigenvalue weighted by Crippen LogP contribution is -2.27. The highest BCUT2D eigenvalue weighted by Crippen LogP contribution is 2.34. The van der Waals surface area contributed by atoms with Crippen molar-refractivity contribution in [1.29, 1.82) is 0 Å². The number of anilines is 4. The number of aromatic nitrogens is 4. The van der Waals surface area contributed by atoms with Crippen LogP contribution in [0.1, 0.15) is 38.5 Å². The second-order valence-corrected chi connectivity index (χ2v) is 12.2. The molecule has 0 amide bonds. The van der Waals surface area contributed by atoms with Crippen molar-refractivity contribution in [3.05, 3.63) is 71.0 Å². The van der Waals surface area contributed by atoms with E-state index in [-0.39, 0.29) is 43.1 Å². The van der Waals surface area contributed by atoms with Crippen LogP contribution < -0.4 is 31.6 Å². The standard InChI is InChI=1S/2C16H19ClN4O2/c17-11-2-5-13(6-3-11)23-14-8-19-16(18)21-15(14)20-12-4-1-10(7-12)9-22;17-11-4-6-12(7-5-11)23-14-8-19-16(18)21-15(14)20-13-3-1-2-10(13)9-22/h2-3,5-6,8,10,12,22H,1,4,7,9H2,(H3,18,19,20,21);4-8,10,13,22H,1-3,9H2,(H3,18,19,20,21)/t10-,12-;10-,13+/m00/s1. The van der Waals surface area contributed by atoms with Crippen molar-refractivity contribution in [3.63, 3.8) is 0 Å². The van der Waals surface area contributed by atoms with Crippen LogP contribution in [0.5, 0.6) is 23.0 Å². The maximum absolute atomic E-state index is 9.46. The van der Waals surface area contributed by atoms with Gasteiger partial charge in [-0.2, -0.15) is 9.97 Å². The van der Waals surface area contributed by atoms with E-state index >= 15 is 0 Å². The zero-order chi connectivity index (χ0) is 32.5. The first-order valence-electron chi connectivity index (χ1n) is 15.2. The Morgan fingerprint density at radius 2 is 1.26 bits per heavy atom. The molecule has 0 spiro atoms. The van der Waals surface area contributed by atoms with Crippen LogP contribution in [0.2, 0.25) is 10.0 Å². The Kier molecular flexibility index (Phi) is 11.5. The maximum atomic E-state index is 9.46. The molecular formula is C32H38Cl2N8O4. The molecule has 0 saturated heterocycles. The molecule has 12 nitrogen and oxygen atoms in total. The summed E-state index contributed by atoms with van der Waals surface area (Å²) in [5.41, 5.74) is 11.4. The average Bonchev–Trinajstić information content (AvgIpc) is 3.71. The number of nitrogens with one attached hydrogen (secondary N) is 2. The van der Waals surface area contributed by atoms with Crippen molar-refractivity contribution in [2.24, 2.45) is 11.8 Å². The van der Waals surface area contributed by atoms with Gasteiger partial charge in [-0.3, -0.25) is 0 Å². The topological polar surface area (TPSA) is 187 Å². The summed E-state index contributed by atoms with van der Waals surface area (Å²) in [7, 11) is 0. The Morgan fingerprint density at radius 3 is 1.76 bits per heavy atom. The lowest BCUT2D eigenvalue weighted by Gasteiger charge is -2.21. The van der Waals surface area contributed by atoms with Crippen LogP contribution in [0.15, 0.2) is 60.9 Å². The third-order valence-electron chi connectivity index (χ3n) is 7.99. The summed E-state index contributed by atoms with van der Waals surface area (Å²) in [6.07, 6.45) is 9.05. The zero-order valence-corrected chi connectivity index (χ0v) is 26.7. The molecule has 2 aromatic carbocycles. The monoisotopic (exact) mass is 668 g/mol. The number of nitrogens with zero attached hydrogens (tertiary/aromatic N) is 4. The van der Waals surface area contributed by atoms with Gasteiger partial charge in [0.2, 0.25) is 11.9 Å². The van der Waals surface area contributed by atoms with Crippen LogP contribution in [0.3, 0.4) is 0 Å². The normalized spacial score (nSPS) is 20.4. The molecule has 4 atom stereocenters. The molecule has 244 valence electrons. The van der Waals surface area contributed by atoms with Gasteiger partial charge in [-0.1, -0.05) is 29.6 Å². The van der Waals surface area contributed by atoms with Crippen molar-refractivity contribution in [1.82, 2.24) is 19.9 Å². The Morgan fingerprint density at radius 1 is 0.717 bits per heavy atom. The van der Waals surface area contributed by atoms with Gasteiger partial charge in [-0.15, -0.1) is 0 Å². The van der Waals surface area contributed by atoms with Crippen LogP contribution in [-0.2, 0) is 0 Å². The number of hydrogen-bond acceptors (Lipinski definition) is 12. The summed E-state index contributed by atoms with van der Waals surface area (Å²) in [5, 5.41) is 26.7. The van der Waals surface area contributed by atoms with Crippen molar-refractivity contribution < 1.29 is 19.7 Å². The number of halogens is 2. The molecule has 2 aliphatic rings. The maximum Gasteiger partial charge on any atom is 0.222 e. The molecule has 2 saturated carbocycles. The molecule has 0 unspecified atom stereocenters. The lowest BCUT2D eigenvalue weighted by molar-refractivity contribution is 0.222. The third-order valence-corrected chi connectivity index (χ3v) is 8.49. The Bertz CT molecular complexity index is 1570. The molecule has 14 heteroatoms. The Hall–Kier alpha value is -4.10. The molecule has 0 bridgehead atoms. The number of aliphatic hydroxyl groups excluding tert-OH is 2. The van der Waals surface area contributed by atoms with Gasteiger partial charge in [0, 0.05) is 41.3 Å². The molecular weight excluding hydrogens is 631 g/mol. The number of nitrogen functional groups attached to an aromatic ring is 2. The minimum Gasteiger partial charge on any atom is -0.452 e.